The molecule has 0 radical (unpaired) electrons. The van der Waals surface area contributed by atoms with Crippen LogP contribution >= 0.6 is 11.6 Å². The normalized spacial score (nSPS) is 31.1. The largest absolute Gasteiger partial charge is 0.304 e. The third-order valence-electron chi connectivity index (χ3n) is 1.74. The molecule has 0 heterocycles. The summed E-state index contributed by atoms with van der Waals surface area (Å²) >= 11 is 5.81. The van der Waals surface area contributed by atoms with E-state index in [1.807, 2.05) is 0 Å². The van der Waals surface area contributed by atoms with E-state index in [1.54, 1.807) is 12.2 Å². The first-order chi connectivity index (χ1) is 5.24. The summed E-state index contributed by atoms with van der Waals surface area (Å²) in [5, 5.41) is 15.7. The number of nitrogens with zero attached hydrogens (tertiary/aromatic N) is 1. The van der Waals surface area contributed by atoms with Crippen molar-refractivity contribution in [3.8, 4) is 6.07 Å². The standard InChI is InChI=1S/C8H9ClN2/c9-7-3-1-6(5-10)2-4-8(7)11/h2,4,6-7,11H,1,3H2. The molecule has 0 spiro atoms. The van der Waals surface area contributed by atoms with Gasteiger partial charge in [-0.1, -0.05) is 6.08 Å². The molecule has 11 heavy (non-hydrogen) atoms. The molecule has 0 aromatic carbocycles. The summed E-state index contributed by atoms with van der Waals surface area (Å²) in [6.07, 6.45) is 4.89. The van der Waals surface area contributed by atoms with Crippen molar-refractivity contribution < 1.29 is 0 Å². The minimum absolute atomic E-state index is 0.0564. The highest BCUT2D eigenvalue weighted by molar-refractivity contribution is 6.33. The van der Waals surface area contributed by atoms with Gasteiger partial charge in [-0.05, 0) is 18.9 Å². The second-order valence-electron chi connectivity index (χ2n) is 2.59. The van der Waals surface area contributed by atoms with Gasteiger partial charge in [0.05, 0.1) is 17.4 Å². The fraction of sp³-hybridized carbons (Fsp3) is 0.500. The van der Waals surface area contributed by atoms with E-state index in [0.29, 0.717) is 5.71 Å². The van der Waals surface area contributed by atoms with Gasteiger partial charge < -0.3 is 5.41 Å². The Morgan fingerprint density at radius 1 is 1.64 bits per heavy atom. The van der Waals surface area contributed by atoms with Gasteiger partial charge in [0.1, 0.15) is 0 Å². The van der Waals surface area contributed by atoms with Gasteiger partial charge in [-0.2, -0.15) is 5.26 Å². The molecular formula is C8H9ClN2. The average Bonchev–Trinajstić information content (AvgIpc) is 2.16. The number of hydrogen-bond acceptors (Lipinski definition) is 2. The molecule has 1 aliphatic rings. The summed E-state index contributed by atoms with van der Waals surface area (Å²) in [6.45, 7) is 0. The van der Waals surface area contributed by atoms with Crippen LogP contribution in [0.1, 0.15) is 12.8 Å². The summed E-state index contributed by atoms with van der Waals surface area (Å²) < 4.78 is 0. The lowest BCUT2D eigenvalue weighted by Crippen LogP contribution is -2.08. The van der Waals surface area contributed by atoms with Gasteiger partial charge in [0, 0.05) is 5.71 Å². The molecule has 0 fully saturated rings. The number of nitriles is 1. The molecule has 0 amide bonds. The molecule has 0 bridgehead atoms. The molecule has 0 saturated heterocycles. The van der Waals surface area contributed by atoms with E-state index >= 15 is 0 Å². The number of nitrogens with one attached hydrogen (secondary N) is 1. The minimum Gasteiger partial charge on any atom is -0.304 e. The Kier molecular flexibility index (Phi) is 2.67. The van der Waals surface area contributed by atoms with Crippen molar-refractivity contribution in [2.45, 2.75) is 18.2 Å². The maximum Gasteiger partial charge on any atom is 0.0750 e. The van der Waals surface area contributed by atoms with Crippen molar-refractivity contribution >= 4 is 17.3 Å². The third kappa shape index (κ3) is 2.06. The Morgan fingerprint density at radius 3 is 3.00 bits per heavy atom. The SMILES string of the molecule is N#CC1C=CC(=N)C(Cl)CC1. The van der Waals surface area contributed by atoms with Crippen LogP contribution in [0, 0.1) is 22.7 Å². The van der Waals surface area contributed by atoms with E-state index in [2.05, 4.69) is 6.07 Å². The van der Waals surface area contributed by atoms with Gasteiger partial charge >= 0.3 is 0 Å². The lowest BCUT2D eigenvalue weighted by Gasteiger charge is -2.03. The molecule has 0 aromatic heterocycles. The van der Waals surface area contributed by atoms with Gasteiger partial charge in [0.25, 0.3) is 0 Å². The summed E-state index contributed by atoms with van der Waals surface area (Å²) in [6, 6.07) is 2.14. The van der Waals surface area contributed by atoms with Crippen LogP contribution in [0.5, 0.6) is 0 Å². The van der Waals surface area contributed by atoms with Crippen molar-refractivity contribution in [3.63, 3.8) is 0 Å². The number of allylic oxidation sites excluding steroid dienone is 2. The Bertz CT molecular complexity index is 227. The molecule has 2 atom stereocenters. The van der Waals surface area contributed by atoms with E-state index in [4.69, 9.17) is 22.3 Å². The Hall–Kier alpha value is -0.810. The quantitative estimate of drug-likeness (QED) is 0.554. The van der Waals surface area contributed by atoms with E-state index < -0.39 is 0 Å². The van der Waals surface area contributed by atoms with Crippen LogP contribution in [0.15, 0.2) is 12.2 Å². The van der Waals surface area contributed by atoms with Gasteiger partial charge in [-0.15, -0.1) is 11.6 Å². The predicted molar refractivity (Wildman–Crippen MR) is 44.8 cm³/mol. The second-order valence-corrected chi connectivity index (χ2v) is 3.12. The highest BCUT2D eigenvalue weighted by atomic mass is 35.5. The molecule has 2 unspecified atom stereocenters. The minimum atomic E-state index is -0.204. The summed E-state index contributed by atoms with van der Waals surface area (Å²) in [5.74, 6) is -0.0564. The second kappa shape index (κ2) is 3.54. The lowest BCUT2D eigenvalue weighted by atomic mass is 10.1. The molecule has 1 aliphatic carbocycles. The van der Waals surface area contributed by atoms with Crippen LogP contribution < -0.4 is 0 Å². The molecule has 0 saturated carbocycles. The van der Waals surface area contributed by atoms with Crippen molar-refractivity contribution in [1.29, 1.82) is 10.7 Å². The molecule has 2 nitrogen and oxygen atoms in total. The van der Waals surface area contributed by atoms with E-state index in [0.717, 1.165) is 12.8 Å². The average molecular weight is 169 g/mol. The number of rotatable bonds is 0. The molecule has 1 rings (SSSR count). The van der Waals surface area contributed by atoms with Gasteiger partial charge in [-0.25, -0.2) is 0 Å². The molecule has 0 aliphatic heterocycles. The van der Waals surface area contributed by atoms with Crippen molar-refractivity contribution in [2.24, 2.45) is 5.92 Å². The van der Waals surface area contributed by atoms with Crippen molar-refractivity contribution in [1.82, 2.24) is 0 Å². The number of alkyl halides is 1. The van der Waals surface area contributed by atoms with Crippen LogP contribution in [-0.2, 0) is 0 Å². The van der Waals surface area contributed by atoms with Gasteiger partial charge in [0.2, 0.25) is 0 Å². The van der Waals surface area contributed by atoms with Gasteiger partial charge in [0.15, 0.2) is 0 Å². The smallest absolute Gasteiger partial charge is 0.0750 e. The van der Waals surface area contributed by atoms with Crippen LogP contribution in [0.2, 0.25) is 0 Å². The summed E-state index contributed by atoms with van der Waals surface area (Å²) in [4.78, 5) is 0. The zero-order valence-corrected chi connectivity index (χ0v) is 6.80. The monoisotopic (exact) mass is 168 g/mol. The maximum atomic E-state index is 8.57. The Labute approximate surface area is 71.0 Å². The van der Waals surface area contributed by atoms with Crippen molar-refractivity contribution in [3.05, 3.63) is 12.2 Å². The number of halogens is 1. The molecule has 58 valence electrons. The zero-order valence-electron chi connectivity index (χ0n) is 6.05. The Balaban J connectivity index is 2.68. The summed E-state index contributed by atoms with van der Waals surface area (Å²) in [5.41, 5.74) is 0.421. The summed E-state index contributed by atoms with van der Waals surface area (Å²) in [7, 11) is 0. The first-order valence-electron chi connectivity index (χ1n) is 3.54. The predicted octanol–water partition coefficient (Wildman–Crippen LogP) is 2.10. The van der Waals surface area contributed by atoms with Crippen LogP contribution in [-0.4, -0.2) is 11.1 Å². The fourth-order valence-corrected chi connectivity index (χ4v) is 1.21. The maximum absolute atomic E-state index is 8.57. The topological polar surface area (TPSA) is 47.6 Å². The van der Waals surface area contributed by atoms with Crippen LogP contribution in [0.25, 0.3) is 0 Å². The highest BCUT2D eigenvalue weighted by Gasteiger charge is 2.15. The molecule has 1 N–H and O–H groups in total. The number of hydrogen-bond donors (Lipinski definition) is 1. The lowest BCUT2D eigenvalue weighted by molar-refractivity contribution is 0.692. The van der Waals surface area contributed by atoms with E-state index in [-0.39, 0.29) is 11.3 Å². The third-order valence-corrected chi connectivity index (χ3v) is 2.20. The first-order valence-corrected chi connectivity index (χ1v) is 3.98. The molecule has 3 heteroatoms. The van der Waals surface area contributed by atoms with Gasteiger partial charge in [-0.3, -0.25) is 0 Å². The molecular weight excluding hydrogens is 160 g/mol. The van der Waals surface area contributed by atoms with Crippen LogP contribution in [0.4, 0.5) is 0 Å². The fourth-order valence-electron chi connectivity index (χ4n) is 1.01. The van der Waals surface area contributed by atoms with E-state index in [9.17, 15) is 0 Å². The molecule has 0 aromatic rings. The van der Waals surface area contributed by atoms with E-state index in [1.165, 1.54) is 0 Å². The zero-order chi connectivity index (χ0) is 8.27. The van der Waals surface area contributed by atoms with Crippen molar-refractivity contribution in [2.75, 3.05) is 0 Å². The first kappa shape index (κ1) is 8.29. The Morgan fingerprint density at radius 2 is 2.36 bits per heavy atom. The van der Waals surface area contributed by atoms with Crippen LogP contribution in [0.3, 0.4) is 0 Å². The highest BCUT2D eigenvalue weighted by Crippen LogP contribution is 2.18.